The SMILES string of the molecule is CC(C)N(CC1CC1)S(=O)(=O)c1ccc(NN)cc1. The van der Waals surface area contributed by atoms with Crippen LogP contribution in [0.5, 0.6) is 0 Å². The number of benzene rings is 1. The first-order chi connectivity index (χ1) is 8.95. The maximum Gasteiger partial charge on any atom is 0.243 e. The highest BCUT2D eigenvalue weighted by Crippen LogP contribution is 2.32. The summed E-state index contributed by atoms with van der Waals surface area (Å²) >= 11 is 0. The molecule has 5 nitrogen and oxygen atoms in total. The van der Waals surface area contributed by atoms with Crippen LogP contribution in [-0.4, -0.2) is 25.3 Å². The van der Waals surface area contributed by atoms with Gasteiger partial charge in [0, 0.05) is 18.3 Å². The molecule has 3 N–H and O–H groups in total. The van der Waals surface area contributed by atoms with E-state index in [9.17, 15) is 8.42 Å². The smallest absolute Gasteiger partial charge is 0.243 e. The van der Waals surface area contributed by atoms with Gasteiger partial charge in [-0.05, 0) is 56.9 Å². The Kier molecular flexibility index (Phi) is 4.13. The standard InChI is InChI=1S/C13H21N3O2S/c1-10(2)16(9-11-3-4-11)19(17,18)13-7-5-12(15-14)6-8-13/h5-8,10-11,15H,3-4,9,14H2,1-2H3. The van der Waals surface area contributed by atoms with E-state index >= 15 is 0 Å². The van der Waals surface area contributed by atoms with Gasteiger partial charge < -0.3 is 5.43 Å². The van der Waals surface area contributed by atoms with Gasteiger partial charge in [-0.2, -0.15) is 4.31 Å². The molecular formula is C13H21N3O2S. The summed E-state index contributed by atoms with van der Waals surface area (Å²) in [5, 5.41) is 0. The summed E-state index contributed by atoms with van der Waals surface area (Å²) in [5.74, 6) is 5.81. The van der Waals surface area contributed by atoms with Crippen molar-refractivity contribution in [2.75, 3.05) is 12.0 Å². The number of anilines is 1. The molecule has 1 aromatic rings. The maximum absolute atomic E-state index is 12.6. The van der Waals surface area contributed by atoms with Gasteiger partial charge in [0.2, 0.25) is 10.0 Å². The van der Waals surface area contributed by atoms with Crippen LogP contribution in [0.15, 0.2) is 29.2 Å². The Morgan fingerprint density at radius 1 is 1.32 bits per heavy atom. The summed E-state index contributed by atoms with van der Waals surface area (Å²) in [4.78, 5) is 0.320. The number of nitrogens with zero attached hydrogens (tertiary/aromatic N) is 1. The Labute approximate surface area is 114 Å². The van der Waals surface area contributed by atoms with Gasteiger partial charge in [-0.25, -0.2) is 8.42 Å². The summed E-state index contributed by atoms with van der Waals surface area (Å²) in [6.07, 6.45) is 2.27. The van der Waals surface area contributed by atoms with Crippen molar-refractivity contribution in [3.63, 3.8) is 0 Å². The van der Waals surface area contributed by atoms with Gasteiger partial charge in [0.05, 0.1) is 4.90 Å². The lowest BCUT2D eigenvalue weighted by atomic mass is 10.3. The summed E-state index contributed by atoms with van der Waals surface area (Å²) < 4.78 is 26.8. The minimum absolute atomic E-state index is 0.0297. The van der Waals surface area contributed by atoms with Gasteiger partial charge >= 0.3 is 0 Å². The first-order valence-corrected chi connectivity index (χ1v) is 7.97. The first kappa shape index (κ1) is 14.3. The second-order valence-corrected chi connectivity index (χ2v) is 7.17. The van der Waals surface area contributed by atoms with Crippen molar-refractivity contribution in [3.8, 4) is 0 Å². The summed E-state index contributed by atoms with van der Waals surface area (Å²) in [7, 11) is -3.42. The molecule has 1 saturated carbocycles. The Balaban J connectivity index is 2.26. The maximum atomic E-state index is 12.6. The number of nitrogens with two attached hydrogens (primary N) is 1. The Hall–Kier alpha value is -1.11. The van der Waals surface area contributed by atoms with Crippen molar-refractivity contribution >= 4 is 15.7 Å². The predicted molar refractivity (Wildman–Crippen MR) is 76.0 cm³/mol. The number of sulfonamides is 1. The molecule has 1 fully saturated rings. The molecule has 0 saturated heterocycles. The zero-order valence-corrected chi connectivity index (χ0v) is 12.2. The average molecular weight is 283 g/mol. The topological polar surface area (TPSA) is 75.4 Å². The quantitative estimate of drug-likeness (QED) is 0.616. The van der Waals surface area contributed by atoms with Crippen LogP contribution in [0.4, 0.5) is 5.69 Å². The van der Waals surface area contributed by atoms with Crippen molar-refractivity contribution in [1.82, 2.24) is 4.31 Å². The number of hydrazine groups is 1. The van der Waals surface area contributed by atoms with Crippen molar-refractivity contribution in [1.29, 1.82) is 0 Å². The highest BCUT2D eigenvalue weighted by atomic mass is 32.2. The molecule has 106 valence electrons. The zero-order chi connectivity index (χ0) is 14.0. The van der Waals surface area contributed by atoms with Gasteiger partial charge in [-0.1, -0.05) is 0 Å². The third-order valence-electron chi connectivity index (χ3n) is 3.34. The molecule has 0 amide bonds. The highest BCUT2D eigenvalue weighted by Gasteiger charge is 2.33. The van der Waals surface area contributed by atoms with Crippen molar-refractivity contribution in [2.24, 2.45) is 11.8 Å². The third-order valence-corrected chi connectivity index (χ3v) is 5.39. The molecule has 0 aliphatic heterocycles. The van der Waals surface area contributed by atoms with Gasteiger partial charge in [0.25, 0.3) is 0 Å². The molecule has 0 aromatic heterocycles. The van der Waals surface area contributed by atoms with Gasteiger partial charge in [0.15, 0.2) is 0 Å². The lowest BCUT2D eigenvalue weighted by Crippen LogP contribution is -2.38. The van der Waals surface area contributed by atoms with E-state index in [2.05, 4.69) is 5.43 Å². The fourth-order valence-corrected chi connectivity index (χ4v) is 3.71. The Morgan fingerprint density at radius 3 is 2.32 bits per heavy atom. The van der Waals surface area contributed by atoms with E-state index in [1.807, 2.05) is 13.8 Å². The molecule has 1 aromatic carbocycles. The predicted octanol–water partition coefficient (Wildman–Crippen LogP) is 1.78. The summed E-state index contributed by atoms with van der Waals surface area (Å²) in [5.41, 5.74) is 3.18. The number of nitrogen functional groups attached to an aromatic ring is 1. The molecule has 2 rings (SSSR count). The molecule has 6 heteroatoms. The van der Waals surface area contributed by atoms with Crippen molar-refractivity contribution in [3.05, 3.63) is 24.3 Å². The molecular weight excluding hydrogens is 262 g/mol. The zero-order valence-electron chi connectivity index (χ0n) is 11.3. The highest BCUT2D eigenvalue weighted by molar-refractivity contribution is 7.89. The van der Waals surface area contributed by atoms with Gasteiger partial charge in [0.1, 0.15) is 0 Å². The third kappa shape index (κ3) is 3.26. The van der Waals surface area contributed by atoms with E-state index in [1.165, 1.54) is 0 Å². The molecule has 0 heterocycles. The minimum atomic E-state index is -3.42. The summed E-state index contributed by atoms with van der Waals surface area (Å²) in [6, 6.07) is 6.49. The fraction of sp³-hybridized carbons (Fsp3) is 0.538. The Bertz CT molecular complexity index is 521. The molecule has 0 unspecified atom stereocenters. The number of nitrogens with one attached hydrogen (secondary N) is 1. The lowest BCUT2D eigenvalue weighted by Gasteiger charge is -2.26. The van der Waals surface area contributed by atoms with Crippen LogP contribution < -0.4 is 11.3 Å². The van der Waals surface area contributed by atoms with E-state index in [4.69, 9.17) is 5.84 Å². The molecule has 1 aliphatic rings. The molecule has 0 atom stereocenters. The molecule has 0 radical (unpaired) electrons. The average Bonchev–Trinajstić information content (AvgIpc) is 3.19. The molecule has 0 bridgehead atoms. The minimum Gasteiger partial charge on any atom is -0.324 e. The van der Waals surface area contributed by atoms with E-state index in [1.54, 1.807) is 28.6 Å². The van der Waals surface area contributed by atoms with Crippen LogP contribution in [-0.2, 0) is 10.0 Å². The van der Waals surface area contributed by atoms with Crippen LogP contribution >= 0.6 is 0 Å². The van der Waals surface area contributed by atoms with Gasteiger partial charge in [-0.3, -0.25) is 5.84 Å². The lowest BCUT2D eigenvalue weighted by molar-refractivity contribution is 0.342. The van der Waals surface area contributed by atoms with Crippen LogP contribution in [0, 0.1) is 5.92 Å². The van der Waals surface area contributed by atoms with Crippen molar-refractivity contribution < 1.29 is 8.42 Å². The second-order valence-electron chi connectivity index (χ2n) is 5.28. The van der Waals surface area contributed by atoms with Crippen LogP contribution in [0.1, 0.15) is 26.7 Å². The second kappa shape index (κ2) is 5.48. The van der Waals surface area contributed by atoms with Crippen LogP contribution in [0.2, 0.25) is 0 Å². The normalized spacial score (nSPS) is 16.1. The van der Waals surface area contributed by atoms with E-state index < -0.39 is 10.0 Å². The van der Waals surface area contributed by atoms with Crippen molar-refractivity contribution in [2.45, 2.75) is 37.6 Å². The van der Waals surface area contributed by atoms with Crippen LogP contribution in [0.3, 0.4) is 0 Å². The summed E-state index contributed by atoms with van der Waals surface area (Å²) in [6.45, 7) is 4.45. The fourth-order valence-electron chi connectivity index (χ4n) is 2.00. The molecule has 19 heavy (non-hydrogen) atoms. The van der Waals surface area contributed by atoms with Gasteiger partial charge in [-0.15, -0.1) is 0 Å². The molecule has 0 spiro atoms. The van der Waals surface area contributed by atoms with E-state index in [-0.39, 0.29) is 6.04 Å². The number of hydrogen-bond acceptors (Lipinski definition) is 4. The van der Waals surface area contributed by atoms with E-state index in [0.717, 1.165) is 12.8 Å². The largest absolute Gasteiger partial charge is 0.324 e. The first-order valence-electron chi connectivity index (χ1n) is 6.53. The molecule has 1 aliphatic carbocycles. The number of hydrogen-bond donors (Lipinski definition) is 2. The van der Waals surface area contributed by atoms with E-state index in [0.29, 0.717) is 23.0 Å². The monoisotopic (exact) mass is 283 g/mol. The Morgan fingerprint density at radius 2 is 1.89 bits per heavy atom. The van der Waals surface area contributed by atoms with Crippen LogP contribution in [0.25, 0.3) is 0 Å². The number of rotatable bonds is 6.